The molecule has 0 unspecified atom stereocenters. The fraction of sp³-hybridized carbons (Fsp3) is 0.562. The number of rotatable bonds is 3. The molecule has 2 atom stereocenters. The number of hydrogen-bond donors (Lipinski definition) is 3. The summed E-state index contributed by atoms with van der Waals surface area (Å²) in [4.78, 5) is 0. The van der Waals surface area contributed by atoms with Gasteiger partial charge in [-0.1, -0.05) is 37.5 Å². The summed E-state index contributed by atoms with van der Waals surface area (Å²) in [5.41, 5.74) is 9.84. The van der Waals surface area contributed by atoms with E-state index in [0.717, 1.165) is 5.69 Å². The summed E-state index contributed by atoms with van der Waals surface area (Å²) in [5.74, 6) is 0.699. The molecule has 0 aromatic heterocycles. The molecule has 1 aliphatic rings. The second-order valence-electron chi connectivity index (χ2n) is 5.91. The van der Waals surface area contributed by atoms with Crippen LogP contribution in [0.1, 0.15) is 43.7 Å². The zero-order valence-electron chi connectivity index (χ0n) is 12.6. The first kappa shape index (κ1) is 15.1. The Morgan fingerprint density at radius 2 is 1.95 bits per heavy atom. The summed E-state index contributed by atoms with van der Waals surface area (Å²) < 4.78 is 0. The van der Waals surface area contributed by atoms with Gasteiger partial charge in [0.15, 0.2) is 5.11 Å². The van der Waals surface area contributed by atoms with Crippen LogP contribution in [0.2, 0.25) is 0 Å². The van der Waals surface area contributed by atoms with Gasteiger partial charge in [-0.15, -0.1) is 0 Å². The van der Waals surface area contributed by atoms with Gasteiger partial charge in [-0.2, -0.15) is 0 Å². The number of nitrogens with one attached hydrogen (secondary N) is 3. The molecular formula is C16H25N3S. The van der Waals surface area contributed by atoms with Gasteiger partial charge in [-0.3, -0.25) is 10.9 Å². The molecule has 0 bridgehead atoms. The van der Waals surface area contributed by atoms with Crippen molar-refractivity contribution in [2.45, 2.75) is 52.5 Å². The lowest BCUT2D eigenvalue weighted by atomic mass is 9.86. The fourth-order valence-electron chi connectivity index (χ4n) is 2.81. The molecule has 1 saturated carbocycles. The minimum Gasteiger partial charge on any atom is -0.358 e. The minimum atomic E-state index is 0.504. The Hall–Kier alpha value is -1.29. The van der Waals surface area contributed by atoms with Crippen molar-refractivity contribution in [1.82, 2.24) is 10.7 Å². The maximum atomic E-state index is 5.37. The summed E-state index contributed by atoms with van der Waals surface area (Å²) >= 11 is 5.37. The van der Waals surface area contributed by atoms with Crippen molar-refractivity contribution in [2.75, 3.05) is 5.43 Å². The van der Waals surface area contributed by atoms with Gasteiger partial charge in [0.25, 0.3) is 0 Å². The van der Waals surface area contributed by atoms with Crippen LogP contribution in [-0.4, -0.2) is 11.2 Å². The van der Waals surface area contributed by atoms with Gasteiger partial charge in [0, 0.05) is 6.04 Å². The Morgan fingerprint density at radius 1 is 1.20 bits per heavy atom. The maximum Gasteiger partial charge on any atom is 0.185 e. The normalized spacial score (nSPS) is 22.1. The van der Waals surface area contributed by atoms with Gasteiger partial charge >= 0.3 is 0 Å². The van der Waals surface area contributed by atoms with Crippen LogP contribution in [0.25, 0.3) is 0 Å². The number of hydrazine groups is 1. The zero-order chi connectivity index (χ0) is 14.5. The van der Waals surface area contributed by atoms with Crippen molar-refractivity contribution in [3.05, 3.63) is 29.3 Å². The highest BCUT2D eigenvalue weighted by molar-refractivity contribution is 7.80. The Kier molecular flexibility index (Phi) is 5.24. The molecule has 1 fully saturated rings. The average Bonchev–Trinajstić information content (AvgIpc) is 2.40. The highest BCUT2D eigenvalue weighted by atomic mass is 32.1. The predicted octanol–water partition coefficient (Wildman–Crippen LogP) is 3.67. The van der Waals surface area contributed by atoms with Crippen LogP contribution >= 0.6 is 12.2 Å². The Balaban J connectivity index is 1.82. The van der Waals surface area contributed by atoms with E-state index in [1.165, 1.54) is 36.8 Å². The molecule has 3 N–H and O–H groups in total. The van der Waals surface area contributed by atoms with Crippen molar-refractivity contribution >= 4 is 23.0 Å². The van der Waals surface area contributed by atoms with Crippen LogP contribution in [0, 0.1) is 19.8 Å². The van der Waals surface area contributed by atoms with Crippen molar-refractivity contribution in [1.29, 1.82) is 0 Å². The molecule has 0 heterocycles. The van der Waals surface area contributed by atoms with Gasteiger partial charge in [0.1, 0.15) is 0 Å². The number of anilines is 1. The van der Waals surface area contributed by atoms with Gasteiger partial charge in [0.2, 0.25) is 0 Å². The second kappa shape index (κ2) is 6.93. The summed E-state index contributed by atoms with van der Waals surface area (Å²) in [6.45, 7) is 6.49. The predicted molar refractivity (Wildman–Crippen MR) is 89.8 cm³/mol. The molecule has 0 saturated heterocycles. The quantitative estimate of drug-likeness (QED) is 0.586. The Labute approximate surface area is 127 Å². The lowest BCUT2D eigenvalue weighted by Gasteiger charge is -2.30. The zero-order valence-corrected chi connectivity index (χ0v) is 13.4. The van der Waals surface area contributed by atoms with Crippen LogP contribution in [-0.2, 0) is 0 Å². The lowest BCUT2D eigenvalue weighted by molar-refractivity contribution is 0.308. The third kappa shape index (κ3) is 4.10. The smallest absolute Gasteiger partial charge is 0.185 e. The molecule has 20 heavy (non-hydrogen) atoms. The van der Waals surface area contributed by atoms with Gasteiger partial charge < -0.3 is 5.32 Å². The molecule has 4 heteroatoms. The van der Waals surface area contributed by atoms with Crippen LogP contribution in [0.4, 0.5) is 5.69 Å². The van der Waals surface area contributed by atoms with E-state index in [-0.39, 0.29) is 0 Å². The lowest BCUT2D eigenvalue weighted by Crippen LogP contribution is -2.47. The number of benzene rings is 1. The highest BCUT2D eigenvalue weighted by Gasteiger charge is 2.21. The Bertz CT molecular complexity index is 473. The number of hydrogen-bond acceptors (Lipinski definition) is 2. The molecule has 2 rings (SSSR count). The summed E-state index contributed by atoms with van der Waals surface area (Å²) in [6.07, 6.45) is 5.16. The van der Waals surface area contributed by atoms with Gasteiger partial charge in [0.05, 0.1) is 5.69 Å². The molecule has 3 nitrogen and oxygen atoms in total. The van der Waals surface area contributed by atoms with Crippen LogP contribution in [0.5, 0.6) is 0 Å². The summed E-state index contributed by atoms with van der Waals surface area (Å²) in [7, 11) is 0. The van der Waals surface area contributed by atoms with E-state index in [4.69, 9.17) is 12.2 Å². The molecule has 0 spiro atoms. The third-order valence-corrected chi connectivity index (χ3v) is 4.34. The van der Waals surface area contributed by atoms with Gasteiger partial charge in [-0.25, -0.2) is 0 Å². The monoisotopic (exact) mass is 291 g/mol. The second-order valence-corrected chi connectivity index (χ2v) is 6.32. The molecule has 1 aliphatic carbocycles. The molecule has 0 radical (unpaired) electrons. The van der Waals surface area contributed by atoms with Crippen molar-refractivity contribution in [3.8, 4) is 0 Å². The van der Waals surface area contributed by atoms with E-state index in [9.17, 15) is 0 Å². The molecule has 0 aliphatic heterocycles. The molecule has 1 aromatic carbocycles. The molecule has 1 aromatic rings. The summed E-state index contributed by atoms with van der Waals surface area (Å²) in [6, 6.07) is 6.83. The van der Waals surface area contributed by atoms with Crippen molar-refractivity contribution in [2.24, 2.45) is 5.92 Å². The van der Waals surface area contributed by atoms with Crippen molar-refractivity contribution < 1.29 is 0 Å². The van der Waals surface area contributed by atoms with E-state index in [0.29, 0.717) is 17.1 Å². The van der Waals surface area contributed by atoms with Gasteiger partial charge in [-0.05, 0) is 56.5 Å². The van der Waals surface area contributed by atoms with Crippen molar-refractivity contribution in [3.63, 3.8) is 0 Å². The topological polar surface area (TPSA) is 36.1 Å². The van der Waals surface area contributed by atoms with E-state index in [1.807, 2.05) is 0 Å². The fourth-order valence-corrected chi connectivity index (χ4v) is 3.02. The van der Waals surface area contributed by atoms with Crippen LogP contribution in [0.3, 0.4) is 0 Å². The molecule has 0 amide bonds. The third-order valence-electron chi connectivity index (χ3n) is 4.12. The van der Waals surface area contributed by atoms with Crippen LogP contribution in [0.15, 0.2) is 18.2 Å². The van der Waals surface area contributed by atoms with E-state index >= 15 is 0 Å². The first-order valence-electron chi connectivity index (χ1n) is 7.46. The van der Waals surface area contributed by atoms with E-state index in [2.05, 4.69) is 55.1 Å². The Morgan fingerprint density at radius 3 is 2.65 bits per heavy atom. The number of thiocarbonyl (C=S) groups is 1. The largest absolute Gasteiger partial charge is 0.358 e. The molecular weight excluding hydrogens is 266 g/mol. The molecule has 110 valence electrons. The highest BCUT2D eigenvalue weighted by Crippen LogP contribution is 2.23. The van der Waals surface area contributed by atoms with E-state index < -0.39 is 0 Å². The van der Waals surface area contributed by atoms with E-state index in [1.54, 1.807) is 0 Å². The maximum absolute atomic E-state index is 5.37. The first-order chi connectivity index (χ1) is 9.56. The SMILES string of the molecule is Cc1ccc(NNC(=S)N[C@H]2CCCC[C@H]2C)c(C)c1. The standard InChI is InChI=1S/C16H25N3S/c1-11-8-9-15(13(3)10-11)18-19-16(20)17-14-7-5-4-6-12(14)2/h8-10,12,14,18H,4-7H2,1-3H3,(H2,17,19,20)/t12-,14+/m1/s1. The average molecular weight is 291 g/mol. The van der Waals surface area contributed by atoms with Crippen LogP contribution < -0.4 is 16.2 Å². The summed E-state index contributed by atoms with van der Waals surface area (Å²) in [5, 5.41) is 4.11. The number of aryl methyl sites for hydroxylation is 2. The first-order valence-corrected chi connectivity index (χ1v) is 7.87. The minimum absolute atomic E-state index is 0.504.